The van der Waals surface area contributed by atoms with E-state index in [-0.39, 0.29) is 12.5 Å². The molecular weight excluding hydrogens is 971 g/mol. The second-order valence-corrected chi connectivity index (χ2v) is 21.5. The summed E-state index contributed by atoms with van der Waals surface area (Å²) >= 11 is 0. The highest BCUT2D eigenvalue weighted by Crippen LogP contribution is 2.23. The van der Waals surface area contributed by atoms with Crippen LogP contribution in [-0.2, 0) is 14.3 Å². The molecule has 0 aromatic heterocycles. The summed E-state index contributed by atoms with van der Waals surface area (Å²) in [5.74, 6) is -0.184. The van der Waals surface area contributed by atoms with Crippen LogP contribution in [0.15, 0.2) is 122 Å². The van der Waals surface area contributed by atoms with Gasteiger partial charge < -0.3 is 40.3 Å². The Bertz CT molecular complexity index is 1640. The van der Waals surface area contributed by atoms with Crippen molar-refractivity contribution in [3.8, 4) is 0 Å². The smallest absolute Gasteiger partial charge is 0.220 e. The first-order valence-corrected chi connectivity index (χ1v) is 31.8. The van der Waals surface area contributed by atoms with E-state index in [9.17, 15) is 30.3 Å². The third-order valence-corrected chi connectivity index (χ3v) is 14.3. The molecule has 0 aromatic rings. The molecule has 1 heterocycles. The first kappa shape index (κ1) is 72.6. The van der Waals surface area contributed by atoms with Gasteiger partial charge in [-0.15, -0.1) is 0 Å². The lowest BCUT2D eigenvalue weighted by atomic mass is 9.99. The summed E-state index contributed by atoms with van der Waals surface area (Å²) in [5, 5.41) is 54.6. The number of aliphatic hydroxyl groups is 5. The average Bonchev–Trinajstić information content (AvgIpc) is 3.45. The zero-order chi connectivity index (χ0) is 56.5. The molecule has 0 spiro atoms. The number of hydrogen-bond donors (Lipinski definition) is 6. The maximum absolute atomic E-state index is 13.1. The van der Waals surface area contributed by atoms with Crippen LogP contribution >= 0.6 is 0 Å². The Morgan fingerprint density at radius 2 is 0.795 bits per heavy atom. The van der Waals surface area contributed by atoms with E-state index in [2.05, 4.69) is 129 Å². The van der Waals surface area contributed by atoms with E-state index < -0.39 is 49.5 Å². The maximum atomic E-state index is 13.1. The molecule has 0 aromatic carbocycles. The molecular formula is C69H117NO8. The van der Waals surface area contributed by atoms with Gasteiger partial charge in [0.1, 0.15) is 24.4 Å². The molecule has 7 atom stereocenters. The van der Waals surface area contributed by atoms with Crippen LogP contribution in [0, 0.1) is 0 Å². The second kappa shape index (κ2) is 56.8. The third-order valence-electron chi connectivity index (χ3n) is 14.3. The molecule has 0 bridgehead atoms. The van der Waals surface area contributed by atoms with Crippen molar-refractivity contribution in [1.29, 1.82) is 0 Å². The van der Waals surface area contributed by atoms with E-state index in [1.165, 1.54) is 128 Å². The van der Waals surface area contributed by atoms with Gasteiger partial charge in [-0.05, 0) is 89.9 Å². The maximum Gasteiger partial charge on any atom is 0.220 e. The summed E-state index contributed by atoms with van der Waals surface area (Å²) in [5.41, 5.74) is 0. The van der Waals surface area contributed by atoms with Gasteiger partial charge in [0.15, 0.2) is 6.29 Å². The first-order valence-electron chi connectivity index (χ1n) is 31.8. The fourth-order valence-electron chi connectivity index (χ4n) is 9.33. The Morgan fingerprint density at radius 1 is 0.449 bits per heavy atom. The summed E-state index contributed by atoms with van der Waals surface area (Å²) in [6.45, 7) is 3.66. The van der Waals surface area contributed by atoms with Gasteiger partial charge in [0, 0.05) is 6.42 Å². The van der Waals surface area contributed by atoms with Gasteiger partial charge in [0.05, 0.1) is 25.4 Å². The van der Waals surface area contributed by atoms with Gasteiger partial charge in [0.25, 0.3) is 0 Å². The Labute approximate surface area is 478 Å². The predicted octanol–water partition coefficient (Wildman–Crippen LogP) is 16.7. The number of allylic oxidation sites excluding steroid dienone is 19. The number of ether oxygens (including phenoxy) is 2. The number of aliphatic hydroxyl groups excluding tert-OH is 5. The molecule has 7 unspecified atom stereocenters. The molecule has 1 saturated heterocycles. The summed E-state index contributed by atoms with van der Waals surface area (Å²) in [7, 11) is 0. The van der Waals surface area contributed by atoms with Crippen molar-refractivity contribution >= 4 is 5.91 Å². The van der Waals surface area contributed by atoms with Crippen molar-refractivity contribution < 1.29 is 39.8 Å². The largest absolute Gasteiger partial charge is 0.394 e. The van der Waals surface area contributed by atoms with Crippen molar-refractivity contribution in [2.24, 2.45) is 0 Å². The Balaban J connectivity index is 2.15. The molecule has 0 aliphatic carbocycles. The monoisotopic (exact) mass is 1090 g/mol. The topological polar surface area (TPSA) is 149 Å². The molecule has 1 aliphatic heterocycles. The highest BCUT2D eigenvalue weighted by molar-refractivity contribution is 5.76. The predicted molar refractivity (Wildman–Crippen MR) is 331 cm³/mol. The number of unbranched alkanes of at least 4 members (excludes halogenated alkanes) is 25. The summed E-state index contributed by atoms with van der Waals surface area (Å²) in [6.07, 6.45) is 78.4. The minimum absolute atomic E-state index is 0.184. The fourth-order valence-corrected chi connectivity index (χ4v) is 9.33. The Hall–Kier alpha value is -3.41. The fraction of sp³-hybridized carbons (Fsp3) is 0.696. The van der Waals surface area contributed by atoms with Crippen LogP contribution in [0.3, 0.4) is 0 Å². The van der Waals surface area contributed by atoms with Gasteiger partial charge in [-0.1, -0.05) is 277 Å². The molecule has 446 valence electrons. The lowest BCUT2D eigenvalue weighted by molar-refractivity contribution is -0.302. The molecule has 9 nitrogen and oxygen atoms in total. The van der Waals surface area contributed by atoms with Gasteiger partial charge in [0.2, 0.25) is 5.91 Å². The number of carbonyl (C=O) groups excluding carboxylic acids is 1. The molecule has 78 heavy (non-hydrogen) atoms. The van der Waals surface area contributed by atoms with Crippen molar-refractivity contribution in [3.05, 3.63) is 122 Å². The SMILES string of the molecule is CC/C=C\C/C=C\C/C=C\C/C=C\C/C=C\C/C=C\C/C=C\C/C=C\C/C=C\CCCCCCCCCCCCCC(=O)NC(COC1OC(CO)C(O)C(O)C1O)C(O)/C=C/CCCCCCCCCCCCCCCC. The minimum atomic E-state index is -1.57. The van der Waals surface area contributed by atoms with E-state index >= 15 is 0 Å². The quantitative estimate of drug-likeness (QED) is 0.0261. The van der Waals surface area contributed by atoms with Gasteiger partial charge in [-0.2, -0.15) is 0 Å². The first-order chi connectivity index (χ1) is 38.3. The van der Waals surface area contributed by atoms with E-state index in [1.54, 1.807) is 6.08 Å². The van der Waals surface area contributed by atoms with E-state index in [1.807, 2.05) is 6.08 Å². The van der Waals surface area contributed by atoms with Crippen LogP contribution in [0.25, 0.3) is 0 Å². The van der Waals surface area contributed by atoms with E-state index in [4.69, 9.17) is 9.47 Å². The Kier molecular flexibility index (Phi) is 52.9. The van der Waals surface area contributed by atoms with Gasteiger partial charge >= 0.3 is 0 Å². The lowest BCUT2D eigenvalue weighted by Crippen LogP contribution is -2.60. The molecule has 0 saturated carbocycles. The van der Waals surface area contributed by atoms with Crippen LogP contribution in [0.4, 0.5) is 0 Å². The molecule has 1 aliphatic rings. The third kappa shape index (κ3) is 45.3. The summed E-state index contributed by atoms with van der Waals surface area (Å²) < 4.78 is 11.3. The van der Waals surface area contributed by atoms with Crippen molar-refractivity contribution in [2.45, 2.75) is 294 Å². The molecule has 1 rings (SSSR count). The highest BCUT2D eigenvalue weighted by atomic mass is 16.7. The average molecular weight is 1090 g/mol. The van der Waals surface area contributed by atoms with Crippen LogP contribution in [0.2, 0.25) is 0 Å². The van der Waals surface area contributed by atoms with Crippen molar-refractivity contribution in [2.75, 3.05) is 13.2 Å². The van der Waals surface area contributed by atoms with Crippen molar-refractivity contribution in [1.82, 2.24) is 5.32 Å². The summed E-state index contributed by atoms with van der Waals surface area (Å²) in [4.78, 5) is 13.1. The number of hydrogen-bond acceptors (Lipinski definition) is 8. The lowest BCUT2D eigenvalue weighted by Gasteiger charge is -2.40. The van der Waals surface area contributed by atoms with Crippen LogP contribution < -0.4 is 5.32 Å². The molecule has 1 amide bonds. The molecule has 9 heteroatoms. The Morgan fingerprint density at radius 3 is 1.18 bits per heavy atom. The van der Waals surface area contributed by atoms with Crippen molar-refractivity contribution in [3.63, 3.8) is 0 Å². The minimum Gasteiger partial charge on any atom is -0.394 e. The second-order valence-electron chi connectivity index (χ2n) is 21.5. The van der Waals surface area contributed by atoms with Crippen LogP contribution in [-0.4, -0.2) is 87.5 Å². The highest BCUT2D eigenvalue weighted by Gasteiger charge is 2.44. The van der Waals surface area contributed by atoms with Gasteiger partial charge in [-0.3, -0.25) is 4.79 Å². The molecule has 0 radical (unpaired) electrons. The zero-order valence-corrected chi connectivity index (χ0v) is 49.6. The van der Waals surface area contributed by atoms with E-state index in [0.29, 0.717) is 6.42 Å². The number of carbonyl (C=O) groups is 1. The number of amides is 1. The van der Waals surface area contributed by atoms with Crippen LogP contribution in [0.5, 0.6) is 0 Å². The number of nitrogens with one attached hydrogen (secondary N) is 1. The normalized spacial score (nSPS) is 19.5. The van der Waals surface area contributed by atoms with Crippen LogP contribution in [0.1, 0.15) is 251 Å². The van der Waals surface area contributed by atoms with Gasteiger partial charge in [-0.25, -0.2) is 0 Å². The number of rotatable bonds is 53. The zero-order valence-electron chi connectivity index (χ0n) is 49.6. The standard InChI is InChI=1S/C69H117NO8/c1-3-5-7-9-11-13-15-17-19-21-22-23-24-25-26-27-28-29-30-31-32-33-34-35-36-37-38-39-40-41-42-43-45-47-49-51-53-55-57-59-65(73)70-62(61-77-69-68(76)67(75)66(74)64(60-71)78-69)63(72)58-56-54-52-50-48-46-44-20-18-16-14-12-10-8-6-4-2/h5,7,11,13,17,19,22-23,25-26,28-29,31-32,34-35,37-38,56,58,62-64,66-69,71-72,74-76H,3-4,6,8-10,12,14-16,18,20-21,24,27,30,33,36,39-55,57,59-61H2,1-2H3,(H,70,73)/b7-5-,13-11-,19-17-,23-22-,26-25-,29-28-,32-31-,35-34-,38-37-,58-56+. The van der Waals surface area contributed by atoms with E-state index in [0.717, 1.165) is 103 Å². The molecule has 6 N–H and O–H groups in total. The molecule has 1 fully saturated rings. The summed E-state index contributed by atoms with van der Waals surface area (Å²) in [6, 6.07) is -0.814.